The van der Waals surface area contributed by atoms with E-state index in [-0.39, 0.29) is 5.91 Å². The third-order valence-electron chi connectivity index (χ3n) is 3.60. The number of benzene rings is 1. The lowest BCUT2D eigenvalue weighted by Crippen LogP contribution is -2.23. The van der Waals surface area contributed by atoms with Crippen LogP contribution in [0.2, 0.25) is 0 Å². The molecule has 0 spiro atoms. The van der Waals surface area contributed by atoms with E-state index in [2.05, 4.69) is 40.3 Å². The van der Waals surface area contributed by atoms with Gasteiger partial charge in [-0.25, -0.2) is 0 Å². The zero-order chi connectivity index (χ0) is 15.9. The Morgan fingerprint density at radius 3 is 2.68 bits per heavy atom. The van der Waals surface area contributed by atoms with Crippen molar-refractivity contribution < 1.29 is 4.79 Å². The Labute approximate surface area is 132 Å². The minimum Gasteiger partial charge on any atom is -0.377 e. The van der Waals surface area contributed by atoms with Crippen molar-refractivity contribution in [3.8, 4) is 0 Å². The molecule has 0 saturated carbocycles. The minimum atomic E-state index is 0.0678. The molecule has 0 radical (unpaired) electrons. The first-order valence-corrected chi connectivity index (χ1v) is 7.48. The standard InChI is InChI=1S/C18H23N3O/c1-14-11-16(6-8-17(14)21(2)3)13-20-18(22)9-7-15-5-4-10-19-12-15/h4-6,8,10-12H,7,9,13H2,1-3H3,(H,20,22). The molecule has 0 fully saturated rings. The highest BCUT2D eigenvalue weighted by molar-refractivity contribution is 5.76. The Hall–Kier alpha value is -2.36. The summed E-state index contributed by atoms with van der Waals surface area (Å²) >= 11 is 0. The van der Waals surface area contributed by atoms with Crippen molar-refractivity contribution in [3.05, 3.63) is 59.4 Å². The van der Waals surface area contributed by atoms with E-state index in [1.807, 2.05) is 26.2 Å². The molecule has 0 aliphatic rings. The molecule has 116 valence electrons. The molecule has 0 unspecified atom stereocenters. The summed E-state index contributed by atoms with van der Waals surface area (Å²) in [6.07, 6.45) is 4.75. The SMILES string of the molecule is Cc1cc(CNC(=O)CCc2cccnc2)ccc1N(C)C. The number of aromatic nitrogens is 1. The average molecular weight is 297 g/mol. The zero-order valence-electron chi connectivity index (χ0n) is 13.5. The summed E-state index contributed by atoms with van der Waals surface area (Å²) in [6, 6.07) is 10.2. The van der Waals surface area contributed by atoms with Crippen LogP contribution in [0.3, 0.4) is 0 Å². The molecule has 0 aliphatic carbocycles. The minimum absolute atomic E-state index is 0.0678. The molecule has 1 heterocycles. The molecule has 22 heavy (non-hydrogen) atoms. The van der Waals surface area contributed by atoms with Gasteiger partial charge in [-0.2, -0.15) is 0 Å². The van der Waals surface area contributed by atoms with Crippen LogP contribution in [0.5, 0.6) is 0 Å². The summed E-state index contributed by atoms with van der Waals surface area (Å²) in [5.74, 6) is 0.0678. The van der Waals surface area contributed by atoms with Crippen molar-refractivity contribution in [3.63, 3.8) is 0 Å². The molecule has 1 aromatic carbocycles. The second-order valence-electron chi connectivity index (χ2n) is 5.65. The quantitative estimate of drug-likeness (QED) is 0.891. The number of anilines is 1. The molecule has 0 bridgehead atoms. The Morgan fingerprint density at radius 2 is 2.05 bits per heavy atom. The van der Waals surface area contributed by atoms with Crippen molar-refractivity contribution in [1.82, 2.24) is 10.3 Å². The monoisotopic (exact) mass is 297 g/mol. The number of amides is 1. The second-order valence-corrected chi connectivity index (χ2v) is 5.65. The average Bonchev–Trinajstić information content (AvgIpc) is 2.51. The van der Waals surface area contributed by atoms with Gasteiger partial charge >= 0.3 is 0 Å². The van der Waals surface area contributed by atoms with E-state index in [1.165, 1.54) is 11.3 Å². The van der Waals surface area contributed by atoms with Gasteiger partial charge in [-0.05, 0) is 42.2 Å². The normalized spacial score (nSPS) is 10.3. The molecule has 4 nitrogen and oxygen atoms in total. The van der Waals surface area contributed by atoms with Gasteiger partial charge in [0, 0.05) is 45.1 Å². The lowest BCUT2D eigenvalue weighted by atomic mass is 10.1. The first-order valence-electron chi connectivity index (χ1n) is 7.48. The van der Waals surface area contributed by atoms with Crippen molar-refractivity contribution in [2.75, 3.05) is 19.0 Å². The van der Waals surface area contributed by atoms with Gasteiger partial charge < -0.3 is 10.2 Å². The third-order valence-corrected chi connectivity index (χ3v) is 3.60. The smallest absolute Gasteiger partial charge is 0.220 e. The number of hydrogen-bond donors (Lipinski definition) is 1. The maximum Gasteiger partial charge on any atom is 0.220 e. The summed E-state index contributed by atoms with van der Waals surface area (Å²) in [6.45, 7) is 2.66. The topological polar surface area (TPSA) is 45.2 Å². The van der Waals surface area contributed by atoms with Gasteiger partial charge in [-0.1, -0.05) is 18.2 Å². The lowest BCUT2D eigenvalue weighted by Gasteiger charge is -2.16. The number of rotatable bonds is 6. The number of carbonyl (C=O) groups is 1. The molecule has 1 aromatic heterocycles. The van der Waals surface area contributed by atoms with E-state index in [1.54, 1.807) is 12.4 Å². The fraction of sp³-hybridized carbons (Fsp3) is 0.333. The molecular weight excluding hydrogens is 274 g/mol. The van der Waals surface area contributed by atoms with Crippen molar-refractivity contribution >= 4 is 11.6 Å². The Bertz CT molecular complexity index is 623. The van der Waals surface area contributed by atoms with Crippen LogP contribution in [-0.2, 0) is 17.8 Å². The van der Waals surface area contributed by atoms with Crippen LogP contribution in [0.4, 0.5) is 5.69 Å². The van der Waals surface area contributed by atoms with Gasteiger partial charge in [0.05, 0.1) is 0 Å². The third kappa shape index (κ3) is 4.58. The van der Waals surface area contributed by atoms with Crippen molar-refractivity contribution in [1.29, 1.82) is 0 Å². The van der Waals surface area contributed by atoms with Crippen LogP contribution in [0.25, 0.3) is 0 Å². The summed E-state index contributed by atoms with van der Waals surface area (Å²) in [4.78, 5) is 18.1. The highest BCUT2D eigenvalue weighted by Gasteiger charge is 2.05. The van der Waals surface area contributed by atoms with E-state index in [0.717, 1.165) is 17.5 Å². The van der Waals surface area contributed by atoms with E-state index in [4.69, 9.17) is 0 Å². The fourth-order valence-corrected chi connectivity index (χ4v) is 2.42. The lowest BCUT2D eigenvalue weighted by molar-refractivity contribution is -0.121. The molecule has 1 N–H and O–H groups in total. The number of nitrogens with zero attached hydrogens (tertiary/aromatic N) is 2. The van der Waals surface area contributed by atoms with Gasteiger partial charge in [0.1, 0.15) is 0 Å². The van der Waals surface area contributed by atoms with Crippen LogP contribution in [-0.4, -0.2) is 25.0 Å². The summed E-state index contributed by atoms with van der Waals surface area (Å²) < 4.78 is 0. The summed E-state index contributed by atoms with van der Waals surface area (Å²) in [5, 5.41) is 2.97. The summed E-state index contributed by atoms with van der Waals surface area (Å²) in [7, 11) is 4.06. The highest BCUT2D eigenvalue weighted by Crippen LogP contribution is 2.18. The van der Waals surface area contributed by atoms with Crippen LogP contribution in [0, 0.1) is 6.92 Å². The Balaban J connectivity index is 1.82. The molecule has 2 rings (SSSR count). The predicted molar refractivity (Wildman–Crippen MR) is 89.9 cm³/mol. The number of nitrogens with one attached hydrogen (secondary N) is 1. The van der Waals surface area contributed by atoms with Gasteiger partial charge in [0.25, 0.3) is 0 Å². The van der Waals surface area contributed by atoms with Crippen LogP contribution >= 0.6 is 0 Å². The molecule has 1 amide bonds. The number of carbonyl (C=O) groups excluding carboxylic acids is 1. The number of aryl methyl sites for hydroxylation is 2. The highest BCUT2D eigenvalue weighted by atomic mass is 16.1. The molecular formula is C18H23N3O. The maximum atomic E-state index is 11.9. The predicted octanol–water partition coefficient (Wildman–Crippen LogP) is 2.71. The van der Waals surface area contributed by atoms with Crippen LogP contribution < -0.4 is 10.2 Å². The Kier molecular flexibility index (Phi) is 5.53. The van der Waals surface area contributed by atoms with E-state index in [0.29, 0.717) is 13.0 Å². The molecule has 0 saturated heterocycles. The first kappa shape index (κ1) is 16.0. The van der Waals surface area contributed by atoms with Gasteiger partial charge in [0.15, 0.2) is 0 Å². The second kappa shape index (κ2) is 7.59. The number of pyridine rings is 1. The largest absolute Gasteiger partial charge is 0.377 e. The molecule has 0 atom stereocenters. The van der Waals surface area contributed by atoms with Crippen LogP contribution in [0.15, 0.2) is 42.7 Å². The van der Waals surface area contributed by atoms with Crippen molar-refractivity contribution in [2.24, 2.45) is 0 Å². The van der Waals surface area contributed by atoms with Gasteiger partial charge in [0.2, 0.25) is 5.91 Å². The van der Waals surface area contributed by atoms with Crippen molar-refractivity contribution in [2.45, 2.75) is 26.3 Å². The summed E-state index contributed by atoms with van der Waals surface area (Å²) in [5.41, 5.74) is 4.63. The molecule has 2 aromatic rings. The van der Waals surface area contributed by atoms with Gasteiger partial charge in [-0.3, -0.25) is 9.78 Å². The van der Waals surface area contributed by atoms with Gasteiger partial charge in [-0.15, -0.1) is 0 Å². The van der Waals surface area contributed by atoms with E-state index in [9.17, 15) is 4.79 Å². The number of hydrogen-bond acceptors (Lipinski definition) is 3. The molecule has 0 aliphatic heterocycles. The first-order chi connectivity index (χ1) is 10.6. The van der Waals surface area contributed by atoms with E-state index >= 15 is 0 Å². The molecule has 4 heteroatoms. The fourth-order valence-electron chi connectivity index (χ4n) is 2.42. The maximum absolute atomic E-state index is 11.9. The van der Waals surface area contributed by atoms with Crippen LogP contribution in [0.1, 0.15) is 23.1 Å². The Morgan fingerprint density at radius 1 is 1.23 bits per heavy atom. The zero-order valence-corrected chi connectivity index (χ0v) is 13.5. The van der Waals surface area contributed by atoms with E-state index < -0.39 is 0 Å².